The van der Waals surface area contributed by atoms with Crippen LogP contribution >= 0.6 is 15.9 Å². The minimum atomic E-state index is 0.262. The predicted octanol–water partition coefficient (Wildman–Crippen LogP) is 3.12. The molecule has 0 bridgehead atoms. The zero-order valence-electron chi connectivity index (χ0n) is 11.2. The molecule has 3 rings (SSSR count). The van der Waals surface area contributed by atoms with E-state index in [9.17, 15) is 0 Å². The molecule has 1 atom stereocenters. The van der Waals surface area contributed by atoms with Gasteiger partial charge in [0, 0.05) is 35.7 Å². The Kier molecular flexibility index (Phi) is 3.25. The highest BCUT2D eigenvalue weighted by molar-refractivity contribution is 9.10. The van der Waals surface area contributed by atoms with Crippen molar-refractivity contribution in [2.45, 2.75) is 38.3 Å². The number of aryl methyl sites for hydroxylation is 1. The van der Waals surface area contributed by atoms with Crippen molar-refractivity contribution in [1.29, 1.82) is 0 Å². The first-order valence-electron chi connectivity index (χ1n) is 6.84. The summed E-state index contributed by atoms with van der Waals surface area (Å²) in [7, 11) is 0. The molecule has 0 radical (unpaired) electrons. The minimum absolute atomic E-state index is 0.262. The van der Waals surface area contributed by atoms with E-state index >= 15 is 0 Å². The van der Waals surface area contributed by atoms with Crippen LogP contribution in [0.25, 0.3) is 0 Å². The number of benzene rings is 1. The van der Waals surface area contributed by atoms with E-state index in [1.807, 2.05) is 0 Å². The summed E-state index contributed by atoms with van der Waals surface area (Å²) in [5.74, 6) is 0. The van der Waals surface area contributed by atoms with E-state index in [0.29, 0.717) is 6.04 Å². The highest BCUT2D eigenvalue weighted by Gasteiger charge is 2.37. The molecule has 98 valence electrons. The smallest absolute Gasteiger partial charge is 0.0360 e. The van der Waals surface area contributed by atoms with E-state index in [4.69, 9.17) is 0 Å². The van der Waals surface area contributed by atoms with E-state index in [-0.39, 0.29) is 5.54 Å². The van der Waals surface area contributed by atoms with Crippen LogP contribution in [0.1, 0.15) is 37.4 Å². The molecule has 1 fully saturated rings. The third-order valence-corrected chi connectivity index (χ3v) is 4.89. The monoisotopic (exact) mass is 308 g/mol. The summed E-state index contributed by atoms with van der Waals surface area (Å²) in [6, 6.07) is 7.41. The van der Waals surface area contributed by atoms with Crippen LogP contribution in [-0.4, -0.2) is 30.1 Å². The maximum atomic E-state index is 3.58. The lowest BCUT2D eigenvalue weighted by Crippen LogP contribution is -2.58. The van der Waals surface area contributed by atoms with Crippen LogP contribution in [0.4, 0.5) is 0 Å². The van der Waals surface area contributed by atoms with Gasteiger partial charge in [0.2, 0.25) is 0 Å². The molecule has 0 amide bonds. The maximum Gasteiger partial charge on any atom is 0.0360 e. The number of hydrogen-bond donors (Lipinski definition) is 1. The molecule has 3 heteroatoms. The molecule has 1 aromatic carbocycles. The number of nitrogens with zero attached hydrogens (tertiary/aromatic N) is 1. The van der Waals surface area contributed by atoms with Gasteiger partial charge in [0.05, 0.1) is 0 Å². The molecule has 1 unspecified atom stereocenters. The zero-order valence-corrected chi connectivity index (χ0v) is 12.8. The second-order valence-corrected chi connectivity index (χ2v) is 7.00. The van der Waals surface area contributed by atoms with Gasteiger partial charge >= 0.3 is 0 Å². The summed E-state index contributed by atoms with van der Waals surface area (Å²) in [4.78, 5) is 2.70. The number of fused-ring (bicyclic) bond motifs is 1. The molecule has 0 spiro atoms. The Morgan fingerprint density at radius 3 is 3.00 bits per heavy atom. The highest BCUT2D eigenvalue weighted by atomic mass is 79.9. The molecule has 2 nitrogen and oxygen atoms in total. The molecule has 1 heterocycles. The second-order valence-electron chi connectivity index (χ2n) is 6.08. The van der Waals surface area contributed by atoms with Gasteiger partial charge in [-0.05, 0) is 49.9 Å². The van der Waals surface area contributed by atoms with E-state index in [1.54, 1.807) is 5.56 Å². The van der Waals surface area contributed by atoms with Crippen molar-refractivity contribution in [3.63, 3.8) is 0 Å². The number of rotatable bonds is 1. The summed E-state index contributed by atoms with van der Waals surface area (Å²) in [6.07, 6.45) is 2.49. The average Bonchev–Trinajstić information content (AvgIpc) is 2.71. The topological polar surface area (TPSA) is 15.3 Å². The van der Waals surface area contributed by atoms with Gasteiger partial charge in [-0.15, -0.1) is 0 Å². The van der Waals surface area contributed by atoms with Gasteiger partial charge < -0.3 is 5.32 Å². The van der Waals surface area contributed by atoms with Crippen molar-refractivity contribution < 1.29 is 0 Å². The fourth-order valence-corrected chi connectivity index (χ4v) is 3.87. The lowest BCUT2D eigenvalue weighted by atomic mass is 9.95. The first-order chi connectivity index (χ1) is 8.58. The lowest BCUT2D eigenvalue weighted by molar-refractivity contribution is 0.0446. The number of hydrogen-bond acceptors (Lipinski definition) is 2. The Morgan fingerprint density at radius 1 is 1.39 bits per heavy atom. The van der Waals surface area contributed by atoms with Crippen LogP contribution in [0.3, 0.4) is 0 Å². The van der Waals surface area contributed by atoms with Gasteiger partial charge in [-0.2, -0.15) is 0 Å². The van der Waals surface area contributed by atoms with Gasteiger partial charge in [-0.3, -0.25) is 4.90 Å². The first-order valence-corrected chi connectivity index (χ1v) is 7.63. The molecule has 1 saturated heterocycles. The van der Waals surface area contributed by atoms with E-state index in [1.165, 1.54) is 22.9 Å². The molecule has 2 aliphatic rings. The molecule has 1 aliphatic heterocycles. The third kappa shape index (κ3) is 2.13. The summed E-state index contributed by atoms with van der Waals surface area (Å²) < 4.78 is 1.21. The van der Waals surface area contributed by atoms with Gasteiger partial charge in [-0.25, -0.2) is 0 Å². The fraction of sp³-hybridized carbons (Fsp3) is 0.600. The molecule has 1 aromatic rings. The number of halogens is 1. The highest BCUT2D eigenvalue weighted by Crippen LogP contribution is 2.40. The Bertz CT molecular complexity index is 456. The predicted molar refractivity (Wildman–Crippen MR) is 78.9 cm³/mol. The second kappa shape index (κ2) is 4.62. The van der Waals surface area contributed by atoms with Gasteiger partial charge in [-0.1, -0.05) is 22.0 Å². The van der Waals surface area contributed by atoms with Crippen LogP contribution in [0, 0.1) is 0 Å². The molecule has 0 aromatic heterocycles. The van der Waals surface area contributed by atoms with Crippen molar-refractivity contribution in [3.8, 4) is 0 Å². The first kappa shape index (κ1) is 12.6. The summed E-state index contributed by atoms with van der Waals surface area (Å²) in [5, 5.41) is 3.51. The van der Waals surface area contributed by atoms with Crippen LogP contribution in [-0.2, 0) is 6.42 Å². The maximum absolute atomic E-state index is 3.58. The summed E-state index contributed by atoms with van der Waals surface area (Å²) in [6.45, 7) is 8.08. The van der Waals surface area contributed by atoms with Crippen molar-refractivity contribution in [3.05, 3.63) is 33.8 Å². The van der Waals surface area contributed by atoms with Crippen molar-refractivity contribution in [1.82, 2.24) is 10.2 Å². The van der Waals surface area contributed by atoms with E-state index in [0.717, 1.165) is 19.6 Å². The third-order valence-electron chi connectivity index (χ3n) is 4.39. The van der Waals surface area contributed by atoms with Gasteiger partial charge in [0.1, 0.15) is 0 Å². The van der Waals surface area contributed by atoms with E-state index in [2.05, 4.69) is 58.2 Å². The quantitative estimate of drug-likeness (QED) is 0.857. The number of piperazine rings is 1. The molecule has 0 saturated carbocycles. The lowest BCUT2D eigenvalue weighted by Gasteiger charge is -2.46. The molecular formula is C15H21BrN2. The Morgan fingerprint density at radius 2 is 2.22 bits per heavy atom. The van der Waals surface area contributed by atoms with Gasteiger partial charge in [0.15, 0.2) is 0 Å². The average molecular weight is 309 g/mol. The van der Waals surface area contributed by atoms with Crippen molar-refractivity contribution in [2.75, 3.05) is 19.6 Å². The molecule has 18 heavy (non-hydrogen) atoms. The number of nitrogens with one attached hydrogen (secondary N) is 1. The van der Waals surface area contributed by atoms with Crippen LogP contribution in [0.5, 0.6) is 0 Å². The van der Waals surface area contributed by atoms with Gasteiger partial charge in [0.25, 0.3) is 0 Å². The Balaban J connectivity index is 1.91. The van der Waals surface area contributed by atoms with Crippen LogP contribution in [0.2, 0.25) is 0 Å². The summed E-state index contributed by atoms with van der Waals surface area (Å²) >= 11 is 3.58. The Hall–Kier alpha value is -0.380. The molecular weight excluding hydrogens is 288 g/mol. The molecule has 1 N–H and O–H groups in total. The Labute approximate surface area is 118 Å². The standard InChI is InChI=1S/C15H21BrN2/c1-15(2)10-17-7-8-18(15)14-6-3-11-9-12(16)4-5-13(11)14/h4-5,9,14,17H,3,6-8,10H2,1-2H3. The van der Waals surface area contributed by atoms with Crippen LogP contribution < -0.4 is 5.32 Å². The molecule has 1 aliphatic carbocycles. The fourth-order valence-electron chi connectivity index (χ4n) is 3.46. The minimum Gasteiger partial charge on any atom is -0.314 e. The summed E-state index contributed by atoms with van der Waals surface area (Å²) in [5.41, 5.74) is 3.34. The zero-order chi connectivity index (χ0) is 12.8. The van der Waals surface area contributed by atoms with Crippen LogP contribution in [0.15, 0.2) is 22.7 Å². The van der Waals surface area contributed by atoms with Crippen molar-refractivity contribution in [2.24, 2.45) is 0 Å². The SMILES string of the molecule is CC1(C)CNCCN1C1CCc2cc(Br)ccc21. The van der Waals surface area contributed by atoms with Crippen molar-refractivity contribution >= 4 is 15.9 Å². The largest absolute Gasteiger partial charge is 0.314 e. The normalized spacial score (nSPS) is 27.2. The van der Waals surface area contributed by atoms with E-state index < -0.39 is 0 Å².